The maximum atomic E-state index is 13.0. The van der Waals surface area contributed by atoms with Gasteiger partial charge in [0.2, 0.25) is 0 Å². The molecule has 25 heavy (non-hydrogen) atoms. The lowest BCUT2D eigenvalue weighted by Crippen LogP contribution is -2.46. The standard InChI is InChI=1S/C20H32BrNO2Si/c1-20(2,3)25(4,5)24-15-13-16-10-8-9-14-22(16)19(23)17-11-6-7-12-18(17)21/h6-7,11-12,16H,8-10,13-15H2,1-5H3/t16-/m0/s1. The van der Waals surface area contributed by atoms with Crippen LogP contribution in [0.5, 0.6) is 0 Å². The van der Waals surface area contributed by atoms with Gasteiger partial charge in [0.05, 0.1) is 5.56 Å². The summed E-state index contributed by atoms with van der Waals surface area (Å²) in [6.07, 6.45) is 4.31. The minimum atomic E-state index is -1.72. The molecule has 140 valence electrons. The van der Waals surface area contributed by atoms with Crippen LogP contribution in [0, 0.1) is 0 Å². The molecule has 1 aromatic carbocycles. The predicted molar refractivity (Wildman–Crippen MR) is 111 cm³/mol. The van der Waals surface area contributed by atoms with E-state index in [2.05, 4.69) is 54.7 Å². The molecule has 3 nitrogen and oxygen atoms in total. The summed E-state index contributed by atoms with van der Waals surface area (Å²) in [7, 11) is -1.72. The highest BCUT2D eigenvalue weighted by Crippen LogP contribution is 2.37. The van der Waals surface area contributed by atoms with Gasteiger partial charge in [-0.3, -0.25) is 4.79 Å². The summed E-state index contributed by atoms with van der Waals surface area (Å²) in [5.74, 6) is 0.143. The molecular formula is C20H32BrNO2Si. The van der Waals surface area contributed by atoms with E-state index in [9.17, 15) is 4.79 Å². The van der Waals surface area contributed by atoms with E-state index in [0.29, 0.717) is 0 Å². The number of likely N-dealkylation sites (tertiary alicyclic amines) is 1. The van der Waals surface area contributed by atoms with Crippen LogP contribution in [0.1, 0.15) is 56.8 Å². The Bertz CT molecular complexity index is 598. The average Bonchev–Trinajstić information content (AvgIpc) is 2.54. The Morgan fingerprint density at radius 2 is 1.96 bits per heavy atom. The summed E-state index contributed by atoms with van der Waals surface area (Å²) >= 11 is 3.52. The normalized spacial score (nSPS) is 19.1. The highest BCUT2D eigenvalue weighted by Gasteiger charge is 2.37. The molecule has 0 N–H and O–H groups in total. The minimum absolute atomic E-state index is 0.143. The smallest absolute Gasteiger partial charge is 0.255 e. The molecule has 1 aliphatic rings. The molecule has 5 heteroatoms. The number of nitrogens with zero attached hydrogens (tertiary/aromatic N) is 1. The number of rotatable bonds is 5. The maximum absolute atomic E-state index is 13.0. The fourth-order valence-electron chi connectivity index (χ4n) is 3.02. The number of carbonyl (C=O) groups is 1. The third-order valence-electron chi connectivity index (χ3n) is 5.71. The number of halogens is 1. The molecule has 1 aliphatic heterocycles. The van der Waals surface area contributed by atoms with Crippen molar-refractivity contribution in [2.45, 2.75) is 70.6 Å². The fraction of sp³-hybridized carbons (Fsp3) is 0.650. The topological polar surface area (TPSA) is 29.5 Å². The van der Waals surface area contributed by atoms with Gasteiger partial charge in [-0.1, -0.05) is 32.9 Å². The molecule has 1 saturated heterocycles. The Balaban J connectivity index is 2.01. The summed E-state index contributed by atoms with van der Waals surface area (Å²) in [5, 5.41) is 0.226. The first kappa shape index (κ1) is 20.7. The van der Waals surface area contributed by atoms with Gasteiger partial charge < -0.3 is 9.33 Å². The van der Waals surface area contributed by atoms with Gasteiger partial charge >= 0.3 is 0 Å². The number of piperidine rings is 1. The van der Waals surface area contributed by atoms with Crippen molar-refractivity contribution < 1.29 is 9.22 Å². The Morgan fingerprint density at radius 3 is 2.60 bits per heavy atom. The number of amides is 1. The fourth-order valence-corrected chi connectivity index (χ4v) is 4.54. The molecule has 0 radical (unpaired) electrons. The van der Waals surface area contributed by atoms with Crippen molar-refractivity contribution in [1.82, 2.24) is 4.90 Å². The molecule has 0 unspecified atom stereocenters. The molecule has 2 rings (SSSR count). The average molecular weight is 426 g/mol. The summed E-state index contributed by atoms with van der Waals surface area (Å²) in [4.78, 5) is 15.1. The van der Waals surface area contributed by atoms with Crippen molar-refractivity contribution in [1.29, 1.82) is 0 Å². The molecule has 0 spiro atoms. The van der Waals surface area contributed by atoms with Crippen molar-refractivity contribution in [3.05, 3.63) is 34.3 Å². The van der Waals surface area contributed by atoms with Crippen LogP contribution in [0.4, 0.5) is 0 Å². The molecular weight excluding hydrogens is 394 g/mol. The van der Waals surface area contributed by atoms with Crippen LogP contribution in [-0.4, -0.2) is 38.3 Å². The summed E-state index contributed by atoms with van der Waals surface area (Å²) < 4.78 is 7.22. The highest BCUT2D eigenvalue weighted by molar-refractivity contribution is 9.10. The van der Waals surface area contributed by atoms with Crippen LogP contribution in [0.25, 0.3) is 0 Å². The van der Waals surface area contributed by atoms with Gasteiger partial charge in [0.25, 0.3) is 5.91 Å². The van der Waals surface area contributed by atoms with E-state index in [-0.39, 0.29) is 17.0 Å². The van der Waals surface area contributed by atoms with Crippen LogP contribution in [0.2, 0.25) is 18.1 Å². The first-order valence-corrected chi connectivity index (χ1v) is 13.0. The quantitative estimate of drug-likeness (QED) is 0.553. The van der Waals surface area contributed by atoms with Crippen molar-refractivity contribution in [2.24, 2.45) is 0 Å². The molecule has 0 aliphatic carbocycles. The first-order valence-electron chi connectivity index (χ1n) is 9.33. The Kier molecular flexibility index (Phi) is 6.91. The Labute approximate surface area is 162 Å². The number of carbonyl (C=O) groups excluding carboxylic acids is 1. The van der Waals surface area contributed by atoms with Gasteiger partial charge in [0.1, 0.15) is 0 Å². The van der Waals surface area contributed by atoms with Crippen LogP contribution >= 0.6 is 15.9 Å². The second-order valence-electron chi connectivity index (χ2n) is 8.53. The third-order valence-corrected chi connectivity index (χ3v) is 10.9. The number of benzene rings is 1. The number of hydrogen-bond donors (Lipinski definition) is 0. The predicted octanol–water partition coefficient (Wildman–Crippen LogP) is 5.86. The molecule has 0 saturated carbocycles. The SMILES string of the molecule is CC(C)(C)[Si](C)(C)OCC[C@@H]1CCCCN1C(=O)c1ccccc1Br. The molecule has 0 aromatic heterocycles. The van der Waals surface area contributed by atoms with E-state index >= 15 is 0 Å². The lowest BCUT2D eigenvalue weighted by atomic mass is 9.98. The van der Waals surface area contributed by atoms with E-state index < -0.39 is 8.32 Å². The van der Waals surface area contributed by atoms with Crippen LogP contribution in [0.3, 0.4) is 0 Å². The van der Waals surface area contributed by atoms with Gasteiger partial charge in [-0.2, -0.15) is 0 Å². The molecule has 1 heterocycles. The summed E-state index contributed by atoms with van der Waals surface area (Å²) in [6.45, 7) is 13.0. The van der Waals surface area contributed by atoms with E-state index in [4.69, 9.17) is 4.43 Å². The summed E-state index contributed by atoms with van der Waals surface area (Å²) in [6, 6.07) is 8.01. The van der Waals surface area contributed by atoms with Gasteiger partial charge in [-0.05, 0) is 71.9 Å². The second kappa shape index (κ2) is 8.36. The Morgan fingerprint density at radius 1 is 1.28 bits per heavy atom. The van der Waals surface area contributed by atoms with Crippen LogP contribution in [0.15, 0.2) is 28.7 Å². The maximum Gasteiger partial charge on any atom is 0.255 e. The molecule has 1 aromatic rings. The molecule has 0 bridgehead atoms. The Hall–Kier alpha value is -0.653. The lowest BCUT2D eigenvalue weighted by molar-refractivity contribution is 0.0576. The monoisotopic (exact) mass is 425 g/mol. The zero-order valence-corrected chi connectivity index (χ0v) is 18.9. The highest BCUT2D eigenvalue weighted by atomic mass is 79.9. The molecule has 1 atom stereocenters. The van der Waals surface area contributed by atoms with E-state index in [1.165, 1.54) is 6.42 Å². The van der Waals surface area contributed by atoms with Crippen molar-refractivity contribution in [2.75, 3.05) is 13.2 Å². The van der Waals surface area contributed by atoms with Crippen LogP contribution < -0.4 is 0 Å². The van der Waals surface area contributed by atoms with Gasteiger partial charge in [0.15, 0.2) is 8.32 Å². The van der Waals surface area contributed by atoms with Gasteiger partial charge in [-0.15, -0.1) is 0 Å². The van der Waals surface area contributed by atoms with Crippen molar-refractivity contribution in [3.63, 3.8) is 0 Å². The molecule has 1 amide bonds. The van der Waals surface area contributed by atoms with E-state index in [1.54, 1.807) is 0 Å². The van der Waals surface area contributed by atoms with Gasteiger partial charge in [0, 0.05) is 23.7 Å². The lowest BCUT2D eigenvalue weighted by Gasteiger charge is -2.39. The van der Waals surface area contributed by atoms with E-state index in [0.717, 1.165) is 42.5 Å². The van der Waals surface area contributed by atoms with Crippen LogP contribution in [-0.2, 0) is 4.43 Å². The van der Waals surface area contributed by atoms with Gasteiger partial charge in [-0.25, -0.2) is 0 Å². The van der Waals surface area contributed by atoms with E-state index in [1.807, 2.05) is 24.3 Å². The summed E-state index contributed by atoms with van der Waals surface area (Å²) in [5.41, 5.74) is 0.764. The minimum Gasteiger partial charge on any atom is -0.417 e. The van der Waals surface area contributed by atoms with Crippen molar-refractivity contribution >= 4 is 30.2 Å². The zero-order chi connectivity index (χ0) is 18.7. The largest absolute Gasteiger partial charge is 0.417 e. The third kappa shape index (κ3) is 5.17. The number of hydrogen-bond acceptors (Lipinski definition) is 2. The van der Waals surface area contributed by atoms with Crippen molar-refractivity contribution in [3.8, 4) is 0 Å². The molecule has 1 fully saturated rings. The zero-order valence-electron chi connectivity index (χ0n) is 16.3. The first-order chi connectivity index (χ1) is 11.6. The second-order valence-corrected chi connectivity index (χ2v) is 14.2.